The first-order chi connectivity index (χ1) is 12.8. The predicted octanol–water partition coefficient (Wildman–Crippen LogP) is 3.34. The highest BCUT2D eigenvalue weighted by Crippen LogP contribution is 2.38. The van der Waals surface area contributed by atoms with Gasteiger partial charge in [0, 0.05) is 25.2 Å². The average molecular weight is 351 g/mol. The van der Waals surface area contributed by atoms with Gasteiger partial charge in [-0.05, 0) is 24.7 Å². The summed E-state index contributed by atoms with van der Waals surface area (Å²) in [5, 5.41) is 0. The number of ether oxygens (including phenoxy) is 1. The van der Waals surface area contributed by atoms with Crippen LogP contribution in [0.3, 0.4) is 0 Å². The Labute approximate surface area is 154 Å². The molecule has 5 rings (SSSR count). The van der Waals surface area contributed by atoms with Crippen LogP contribution < -0.4 is 0 Å². The van der Waals surface area contributed by atoms with E-state index in [0.717, 1.165) is 49.1 Å². The quantitative estimate of drug-likeness (QED) is 0.849. The van der Waals surface area contributed by atoms with Gasteiger partial charge in [0.2, 0.25) is 0 Å². The van der Waals surface area contributed by atoms with Crippen LogP contribution in [0.25, 0.3) is 11.4 Å². The van der Waals surface area contributed by atoms with Crippen LogP contribution in [0, 0.1) is 11.8 Å². The highest BCUT2D eigenvalue weighted by Gasteiger charge is 2.34. The lowest BCUT2D eigenvalue weighted by atomic mass is 10.0. The number of aromatic nitrogens is 2. The second-order valence-electron chi connectivity index (χ2n) is 7.89. The Morgan fingerprint density at radius 3 is 2.77 bits per heavy atom. The Kier molecular flexibility index (Phi) is 4.04. The molecule has 5 heteroatoms. The molecule has 1 saturated carbocycles. The van der Waals surface area contributed by atoms with Crippen molar-refractivity contribution in [2.24, 2.45) is 11.8 Å². The van der Waals surface area contributed by atoms with Crippen LogP contribution in [0.2, 0.25) is 0 Å². The summed E-state index contributed by atoms with van der Waals surface area (Å²) in [6.07, 6.45) is 5.21. The third-order valence-electron chi connectivity index (χ3n) is 5.94. The lowest BCUT2D eigenvalue weighted by Crippen LogP contribution is -2.30. The maximum atomic E-state index is 13.2. The van der Waals surface area contributed by atoms with E-state index in [1.165, 1.54) is 19.3 Å². The third kappa shape index (κ3) is 2.94. The van der Waals surface area contributed by atoms with Gasteiger partial charge in [0.1, 0.15) is 5.82 Å². The molecule has 0 radical (unpaired) electrons. The summed E-state index contributed by atoms with van der Waals surface area (Å²) < 4.78 is 7.82. The monoisotopic (exact) mass is 351 g/mol. The number of carbonyl (C=O) groups is 1. The number of fused-ring (bicyclic) bond motifs is 1. The van der Waals surface area contributed by atoms with E-state index in [0.29, 0.717) is 24.8 Å². The molecule has 1 aromatic carbocycles. The fourth-order valence-electron chi connectivity index (χ4n) is 4.36. The Balaban J connectivity index is 1.43. The number of carbonyl (C=O) groups excluding carboxylic acids is 1. The van der Waals surface area contributed by atoms with Gasteiger partial charge in [0.15, 0.2) is 5.69 Å². The molecule has 1 atom stereocenters. The van der Waals surface area contributed by atoms with E-state index in [4.69, 9.17) is 9.72 Å². The largest absolute Gasteiger partial charge is 0.373 e. The maximum absolute atomic E-state index is 13.2. The second-order valence-corrected chi connectivity index (χ2v) is 7.89. The molecule has 1 aromatic heterocycles. The SMILES string of the molecule is O=C(c1nc(-c2ccccc2)n2c1COCC2)N1CCC(CC2CC2)C1. The number of nitrogens with zero attached hydrogens (tertiary/aromatic N) is 3. The molecule has 26 heavy (non-hydrogen) atoms. The number of imidazole rings is 1. The zero-order chi connectivity index (χ0) is 17.5. The van der Waals surface area contributed by atoms with Crippen LogP contribution >= 0.6 is 0 Å². The minimum atomic E-state index is 0.0831. The highest BCUT2D eigenvalue weighted by molar-refractivity contribution is 5.94. The van der Waals surface area contributed by atoms with Crippen molar-refractivity contribution in [3.8, 4) is 11.4 Å². The second kappa shape index (κ2) is 6.54. The van der Waals surface area contributed by atoms with Gasteiger partial charge in [-0.15, -0.1) is 0 Å². The zero-order valence-corrected chi connectivity index (χ0v) is 15.1. The van der Waals surface area contributed by atoms with E-state index >= 15 is 0 Å². The van der Waals surface area contributed by atoms with Crippen molar-refractivity contribution in [1.82, 2.24) is 14.5 Å². The summed E-state index contributed by atoms with van der Waals surface area (Å²) in [5.74, 6) is 2.57. The number of amides is 1. The lowest BCUT2D eigenvalue weighted by molar-refractivity contribution is 0.0732. The number of benzene rings is 1. The van der Waals surface area contributed by atoms with E-state index in [-0.39, 0.29) is 5.91 Å². The smallest absolute Gasteiger partial charge is 0.274 e. The Hall–Kier alpha value is -2.14. The first kappa shape index (κ1) is 16.1. The van der Waals surface area contributed by atoms with Crippen LogP contribution in [0.5, 0.6) is 0 Å². The zero-order valence-electron chi connectivity index (χ0n) is 15.1. The molecular weight excluding hydrogens is 326 g/mol. The summed E-state index contributed by atoms with van der Waals surface area (Å²) in [4.78, 5) is 20.0. The van der Waals surface area contributed by atoms with Crippen molar-refractivity contribution in [3.05, 3.63) is 41.7 Å². The molecule has 2 fully saturated rings. The number of hydrogen-bond donors (Lipinski definition) is 0. The number of hydrogen-bond acceptors (Lipinski definition) is 3. The van der Waals surface area contributed by atoms with Crippen LogP contribution in [0.1, 0.15) is 41.9 Å². The first-order valence-electron chi connectivity index (χ1n) is 9.81. The number of rotatable bonds is 4. The van der Waals surface area contributed by atoms with Crippen molar-refractivity contribution in [2.75, 3.05) is 19.7 Å². The van der Waals surface area contributed by atoms with Crippen LogP contribution in [0.15, 0.2) is 30.3 Å². The van der Waals surface area contributed by atoms with E-state index in [2.05, 4.69) is 16.7 Å². The molecule has 2 aliphatic heterocycles. The minimum absolute atomic E-state index is 0.0831. The van der Waals surface area contributed by atoms with E-state index in [1.54, 1.807) is 0 Å². The van der Waals surface area contributed by atoms with Crippen LogP contribution in [-0.2, 0) is 17.9 Å². The van der Waals surface area contributed by atoms with E-state index in [9.17, 15) is 4.79 Å². The van der Waals surface area contributed by atoms with Crippen molar-refractivity contribution in [2.45, 2.75) is 38.8 Å². The first-order valence-corrected chi connectivity index (χ1v) is 9.81. The van der Waals surface area contributed by atoms with Crippen LogP contribution in [-0.4, -0.2) is 40.1 Å². The molecule has 0 N–H and O–H groups in total. The molecule has 0 spiro atoms. The normalized spacial score (nSPS) is 22.5. The molecule has 1 aliphatic carbocycles. The highest BCUT2D eigenvalue weighted by atomic mass is 16.5. The summed E-state index contributed by atoms with van der Waals surface area (Å²) in [5.41, 5.74) is 2.59. The summed E-state index contributed by atoms with van der Waals surface area (Å²) in [6, 6.07) is 10.1. The predicted molar refractivity (Wildman–Crippen MR) is 98.7 cm³/mol. The third-order valence-corrected chi connectivity index (χ3v) is 5.94. The number of likely N-dealkylation sites (tertiary alicyclic amines) is 1. The molecule has 136 valence electrons. The van der Waals surface area contributed by atoms with Gasteiger partial charge in [0.25, 0.3) is 5.91 Å². The maximum Gasteiger partial charge on any atom is 0.274 e. The van der Waals surface area contributed by atoms with Gasteiger partial charge in [-0.25, -0.2) is 4.98 Å². The van der Waals surface area contributed by atoms with Crippen LogP contribution in [0.4, 0.5) is 0 Å². The van der Waals surface area contributed by atoms with Gasteiger partial charge in [-0.3, -0.25) is 4.79 Å². The lowest BCUT2D eigenvalue weighted by Gasteiger charge is -2.20. The summed E-state index contributed by atoms with van der Waals surface area (Å²) >= 11 is 0. The summed E-state index contributed by atoms with van der Waals surface area (Å²) in [6.45, 7) is 3.65. The average Bonchev–Trinajstić information content (AvgIpc) is 3.23. The Bertz CT molecular complexity index is 810. The Morgan fingerprint density at radius 1 is 1.12 bits per heavy atom. The van der Waals surface area contributed by atoms with Gasteiger partial charge < -0.3 is 14.2 Å². The molecule has 3 aliphatic rings. The van der Waals surface area contributed by atoms with E-state index in [1.807, 2.05) is 23.1 Å². The molecule has 1 unspecified atom stereocenters. The molecule has 2 aromatic rings. The molecular formula is C21H25N3O2. The topological polar surface area (TPSA) is 47.4 Å². The Morgan fingerprint density at radius 2 is 1.96 bits per heavy atom. The van der Waals surface area contributed by atoms with Crippen molar-refractivity contribution in [1.29, 1.82) is 0 Å². The van der Waals surface area contributed by atoms with Gasteiger partial charge >= 0.3 is 0 Å². The fourth-order valence-corrected chi connectivity index (χ4v) is 4.36. The van der Waals surface area contributed by atoms with E-state index < -0.39 is 0 Å². The van der Waals surface area contributed by atoms with Crippen molar-refractivity contribution < 1.29 is 9.53 Å². The molecule has 3 heterocycles. The van der Waals surface area contributed by atoms with Gasteiger partial charge in [-0.1, -0.05) is 43.2 Å². The minimum Gasteiger partial charge on any atom is -0.373 e. The standard InChI is InChI=1S/C21H25N3O2/c25-21(23-9-8-16(13-23)12-15-6-7-15)19-18-14-26-11-10-24(18)20(22-19)17-4-2-1-3-5-17/h1-5,15-16H,6-14H2. The van der Waals surface area contributed by atoms with Gasteiger partial charge in [0.05, 0.1) is 18.9 Å². The molecule has 1 saturated heterocycles. The fraction of sp³-hybridized carbons (Fsp3) is 0.524. The summed E-state index contributed by atoms with van der Waals surface area (Å²) in [7, 11) is 0. The molecule has 1 amide bonds. The molecule has 5 nitrogen and oxygen atoms in total. The van der Waals surface area contributed by atoms with Crippen molar-refractivity contribution >= 4 is 5.91 Å². The molecule has 0 bridgehead atoms. The van der Waals surface area contributed by atoms with Crippen molar-refractivity contribution in [3.63, 3.8) is 0 Å². The van der Waals surface area contributed by atoms with Gasteiger partial charge in [-0.2, -0.15) is 0 Å².